The van der Waals surface area contributed by atoms with Gasteiger partial charge in [-0.2, -0.15) is 0 Å². The zero-order valence-electron chi connectivity index (χ0n) is 14.3. The highest BCUT2D eigenvalue weighted by atomic mass is 35.5. The maximum Gasteiger partial charge on any atom is 0.414 e. The van der Waals surface area contributed by atoms with Crippen LogP contribution in [0.5, 0.6) is 5.75 Å². The largest absolute Gasteiger partial charge is 0.414 e. The maximum absolute atomic E-state index is 12.9. The van der Waals surface area contributed by atoms with E-state index < -0.39 is 27.7 Å². The Labute approximate surface area is 165 Å². The zero-order valence-corrected chi connectivity index (χ0v) is 16.6. The van der Waals surface area contributed by atoms with E-state index in [2.05, 4.69) is 0 Å². The first-order valence-electron chi connectivity index (χ1n) is 7.63. The second kappa shape index (κ2) is 7.03. The van der Waals surface area contributed by atoms with Gasteiger partial charge in [0.1, 0.15) is 5.88 Å². The second-order valence-electron chi connectivity index (χ2n) is 5.98. The molecule has 142 valence electrons. The Morgan fingerprint density at radius 2 is 1.70 bits per heavy atom. The number of benzene rings is 2. The number of nitrogens with zero attached hydrogens (tertiary/aromatic N) is 2. The fraction of sp³-hybridized carbons (Fsp3) is 0.176. The molecule has 0 N–H and O–H groups in total. The van der Waals surface area contributed by atoms with Crippen molar-refractivity contribution in [2.24, 2.45) is 0 Å². The molecule has 1 heterocycles. The van der Waals surface area contributed by atoms with E-state index in [-0.39, 0.29) is 31.9 Å². The number of sulfone groups is 1. The summed E-state index contributed by atoms with van der Waals surface area (Å²) in [5, 5.41) is -0.0900. The Hall–Kier alpha value is -2.29. The van der Waals surface area contributed by atoms with Crippen LogP contribution < -0.4 is 9.64 Å². The quantitative estimate of drug-likeness (QED) is 0.730. The molecule has 0 aliphatic carbocycles. The van der Waals surface area contributed by atoms with Crippen LogP contribution in [-0.4, -0.2) is 45.3 Å². The van der Waals surface area contributed by atoms with Crippen molar-refractivity contribution < 1.29 is 22.7 Å². The Balaban J connectivity index is 1.96. The van der Waals surface area contributed by atoms with Crippen LogP contribution in [0.15, 0.2) is 41.3 Å². The molecule has 0 radical (unpaired) electrons. The minimum atomic E-state index is -3.60. The van der Waals surface area contributed by atoms with Crippen LogP contribution in [0.3, 0.4) is 0 Å². The smallest absolute Gasteiger partial charge is 0.407 e. The first-order chi connectivity index (χ1) is 12.6. The molecule has 0 saturated carbocycles. The molecule has 27 heavy (non-hydrogen) atoms. The minimum absolute atomic E-state index is 0.0450. The molecule has 0 saturated heterocycles. The molecule has 0 fully saturated rings. The Morgan fingerprint density at radius 1 is 1.11 bits per heavy atom. The van der Waals surface area contributed by atoms with Gasteiger partial charge in [-0.25, -0.2) is 13.2 Å². The highest BCUT2D eigenvalue weighted by Crippen LogP contribution is 2.38. The van der Waals surface area contributed by atoms with Crippen molar-refractivity contribution in [3.8, 4) is 5.75 Å². The molecule has 7 nitrogen and oxygen atoms in total. The summed E-state index contributed by atoms with van der Waals surface area (Å²) in [6.45, 7) is 0. The average molecular weight is 429 g/mol. The van der Waals surface area contributed by atoms with E-state index in [0.717, 1.165) is 4.90 Å². The number of para-hydroxylation sites is 1. The van der Waals surface area contributed by atoms with E-state index >= 15 is 0 Å². The van der Waals surface area contributed by atoms with Crippen molar-refractivity contribution in [2.45, 2.75) is 4.90 Å². The Kier molecular flexibility index (Phi) is 5.07. The van der Waals surface area contributed by atoms with Gasteiger partial charge in [0.2, 0.25) is 0 Å². The summed E-state index contributed by atoms with van der Waals surface area (Å²) >= 11 is 12.2. The van der Waals surface area contributed by atoms with Crippen molar-refractivity contribution in [3.05, 3.63) is 52.0 Å². The van der Waals surface area contributed by atoms with Gasteiger partial charge in [0, 0.05) is 19.7 Å². The van der Waals surface area contributed by atoms with Gasteiger partial charge >= 0.3 is 6.09 Å². The number of carbonyl (C=O) groups excluding carboxylic acids is 2. The number of carbonyl (C=O) groups is 2. The zero-order chi connectivity index (χ0) is 19.9. The fourth-order valence-corrected chi connectivity index (χ4v) is 4.62. The molecule has 0 bridgehead atoms. The lowest BCUT2D eigenvalue weighted by Crippen LogP contribution is -2.30. The molecule has 1 aliphatic heterocycles. The summed E-state index contributed by atoms with van der Waals surface area (Å²) in [5.74, 6) is -1.14. The van der Waals surface area contributed by atoms with Crippen LogP contribution >= 0.6 is 23.2 Å². The van der Waals surface area contributed by atoms with E-state index in [1.807, 2.05) is 0 Å². The molecular weight excluding hydrogens is 415 g/mol. The number of halogens is 2. The molecule has 2 aromatic rings. The molecule has 0 aromatic heterocycles. The lowest BCUT2D eigenvalue weighted by Gasteiger charge is -2.17. The molecule has 3 rings (SSSR count). The highest BCUT2D eigenvalue weighted by molar-refractivity contribution is 7.92. The van der Waals surface area contributed by atoms with Crippen LogP contribution in [0.25, 0.3) is 0 Å². The van der Waals surface area contributed by atoms with Gasteiger partial charge in [0.05, 0.1) is 20.6 Å². The van der Waals surface area contributed by atoms with Gasteiger partial charge < -0.3 is 9.64 Å². The predicted octanol–water partition coefficient (Wildman–Crippen LogP) is 3.45. The topological polar surface area (TPSA) is 84.0 Å². The lowest BCUT2D eigenvalue weighted by molar-refractivity contribution is 0.0991. The maximum atomic E-state index is 12.9. The summed E-state index contributed by atoms with van der Waals surface area (Å²) in [6, 6.07) is 8.79. The summed E-state index contributed by atoms with van der Waals surface area (Å²) in [7, 11) is -0.611. The number of hydrogen-bond acceptors (Lipinski definition) is 5. The third-order valence-electron chi connectivity index (χ3n) is 3.84. The number of hydrogen-bond donors (Lipinski definition) is 0. The first-order valence-corrected chi connectivity index (χ1v) is 10.0. The third-order valence-corrected chi connectivity index (χ3v) is 6.01. The molecule has 0 spiro atoms. The molecule has 0 unspecified atom stereocenters. The van der Waals surface area contributed by atoms with Crippen LogP contribution in [0, 0.1) is 0 Å². The van der Waals surface area contributed by atoms with Crippen molar-refractivity contribution >= 4 is 50.7 Å². The summed E-state index contributed by atoms with van der Waals surface area (Å²) in [6.07, 6.45) is -0.683. The van der Waals surface area contributed by atoms with Gasteiger partial charge in [0.15, 0.2) is 15.6 Å². The Morgan fingerprint density at radius 3 is 2.30 bits per heavy atom. The molecule has 1 aliphatic rings. The summed E-state index contributed by atoms with van der Waals surface area (Å²) in [4.78, 5) is 27.0. The van der Waals surface area contributed by atoms with Gasteiger partial charge in [-0.3, -0.25) is 9.69 Å². The van der Waals surface area contributed by atoms with E-state index in [9.17, 15) is 18.0 Å². The number of ether oxygens (including phenoxy) is 1. The Bertz CT molecular complexity index is 1030. The second-order valence-corrected chi connectivity index (χ2v) is 8.72. The van der Waals surface area contributed by atoms with Gasteiger partial charge in [-0.1, -0.05) is 35.3 Å². The predicted molar refractivity (Wildman–Crippen MR) is 101 cm³/mol. The highest BCUT2D eigenvalue weighted by Gasteiger charge is 2.36. The van der Waals surface area contributed by atoms with Crippen molar-refractivity contribution in [1.82, 2.24) is 4.90 Å². The lowest BCUT2D eigenvalue weighted by atomic mass is 10.1. The SMILES string of the molecule is CN(C)C(=O)Oc1c(Cl)cc(C(=O)N2CS(=O)(=O)c3ccccc32)cc1Cl. The normalized spacial score (nSPS) is 14.6. The van der Waals surface area contributed by atoms with Crippen LogP contribution in [0.1, 0.15) is 10.4 Å². The van der Waals surface area contributed by atoms with Crippen LogP contribution in [-0.2, 0) is 9.84 Å². The van der Waals surface area contributed by atoms with Crippen molar-refractivity contribution in [2.75, 3.05) is 24.9 Å². The van der Waals surface area contributed by atoms with E-state index in [1.54, 1.807) is 18.2 Å². The average Bonchev–Trinajstić information content (AvgIpc) is 2.88. The minimum Gasteiger partial charge on any atom is -0.407 e. The van der Waals surface area contributed by atoms with E-state index in [4.69, 9.17) is 27.9 Å². The third kappa shape index (κ3) is 3.60. The van der Waals surface area contributed by atoms with E-state index in [1.165, 1.54) is 37.2 Å². The molecule has 0 atom stereocenters. The van der Waals surface area contributed by atoms with Gasteiger partial charge in [-0.15, -0.1) is 0 Å². The van der Waals surface area contributed by atoms with Crippen molar-refractivity contribution in [3.63, 3.8) is 0 Å². The number of fused-ring (bicyclic) bond motifs is 1. The first kappa shape index (κ1) is 19.5. The molecule has 2 amide bonds. The monoisotopic (exact) mass is 428 g/mol. The molecular formula is C17H14Cl2N2O5S. The van der Waals surface area contributed by atoms with Crippen molar-refractivity contribution in [1.29, 1.82) is 0 Å². The number of anilines is 1. The molecule has 2 aromatic carbocycles. The summed E-state index contributed by atoms with van der Waals surface area (Å²) < 4.78 is 29.6. The van der Waals surface area contributed by atoms with Gasteiger partial charge in [-0.05, 0) is 24.3 Å². The van der Waals surface area contributed by atoms with Crippen LogP contribution in [0.2, 0.25) is 10.0 Å². The van der Waals surface area contributed by atoms with E-state index in [0.29, 0.717) is 0 Å². The molecule has 10 heteroatoms. The fourth-order valence-electron chi connectivity index (χ4n) is 2.54. The number of amides is 2. The van der Waals surface area contributed by atoms with Gasteiger partial charge in [0.25, 0.3) is 5.91 Å². The van der Waals surface area contributed by atoms with Crippen LogP contribution in [0.4, 0.5) is 10.5 Å². The summed E-state index contributed by atoms with van der Waals surface area (Å²) in [5.41, 5.74) is 0.361. The number of rotatable bonds is 2. The standard InChI is InChI=1S/C17H14Cl2N2O5S/c1-20(2)17(23)26-15-11(18)7-10(8-12(15)19)16(22)21-9-27(24,25)14-6-4-3-5-13(14)21/h3-8H,9H2,1-2H3.